The molecule has 18 heavy (non-hydrogen) atoms. The number of aromatic amines is 1. The highest BCUT2D eigenvalue weighted by Crippen LogP contribution is 2.14. The molecule has 0 saturated heterocycles. The largest absolute Gasteiger partial charge is 0.327 e. The smallest absolute Gasteiger partial charge is 0.263 e. The quantitative estimate of drug-likeness (QED) is 0.903. The predicted octanol–water partition coefficient (Wildman–Crippen LogP) is 2.30. The van der Waals surface area contributed by atoms with Crippen molar-refractivity contribution >= 4 is 23.2 Å². The van der Waals surface area contributed by atoms with Crippen LogP contribution in [0.25, 0.3) is 0 Å². The lowest BCUT2D eigenvalue weighted by Gasteiger charge is -2.16. The van der Waals surface area contributed by atoms with Crippen molar-refractivity contribution in [1.29, 1.82) is 0 Å². The average molecular weight is 263 g/mol. The molecule has 92 valence electrons. The second kappa shape index (κ2) is 5.06. The Morgan fingerprint density at radius 1 is 1.28 bits per heavy atom. The van der Waals surface area contributed by atoms with Crippen molar-refractivity contribution in [1.82, 2.24) is 4.98 Å². The Bertz CT molecular complexity index is 622. The van der Waals surface area contributed by atoms with Gasteiger partial charge in [0.05, 0.1) is 5.02 Å². The lowest BCUT2D eigenvalue weighted by molar-refractivity contribution is 0.0991. The van der Waals surface area contributed by atoms with Crippen LogP contribution in [0.15, 0.2) is 47.4 Å². The Hall–Kier alpha value is -2.07. The van der Waals surface area contributed by atoms with E-state index in [0.29, 0.717) is 10.7 Å². The Labute approximate surface area is 109 Å². The monoisotopic (exact) mass is 262 g/mol. The van der Waals surface area contributed by atoms with Gasteiger partial charge in [-0.2, -0.15) is 0 Å². The zero-order chi connectivity index (χ0) is 13.1. The van der Waals surface area contributed by atoms with E-state index in [1.165, 1.54) is 17.2 Å². The summed E-state index contributed by atoms with van der Waals surface area (Å²) in [7, 11) is 1.61. The minimum absolute atomic E-state index is 0.0221. The minimum atomic E-state index is -0.452. The zero-order valence-electron chi connectivity index (χ0n) is 9.68. The van der Waals surface area contributed by atoms with Crippen LogP contribution >= 0.6 is 11.6 Å². The van der Waals surface area contributed by atoms with Gasteiger partial charge in [-0.1, -0.05) is 29.8 Å². The van der Waals surface area contributed by atoms with Crippen molar-refractivity contribution < 1.29 is 4.79 Å². The first-order chi connectivity index (χ1) is 8.59. The number of rotatable bonds is 2. The standard InChI is InChI=1S/C13H11ClN2O2/c1-16(10-5-3-2-4-6-10)13(18)11-7-9(14)8-15-12(11)17/h2-8H,1H3,(H,15,17). The van der Waals surface area contributed by atoms with Gasteiger partial charge in [-0.15, -0.1) is 0 Å². The Morgan fingerprint density at radius 3 is 2.61 bits per heavy atom. The van der Waals surface area contributed by atoms with Gasteiger partial charge in [0.25, 0.3) is 11.5 Å². The maximum Gasteiger partial charge on any atom is 0.263 e. The summed E-state index contributed by atoms with van der Waals surface area (Å²) in [6.07, 6.45) is 1.35. The van der Waals surface area contributed by atoms with E-state index in [4.69, 9.17) is 11.6 Å². The number of nitrogens with one attached hydrogen (secondary N) is 1. The molecule has 2 rings (SSSR count). The van der Waals surface area contributed by atoms with Gasteiger partial charge in [0.1, 0.15) is 5.56 Å². The summed E-state index contributed by atoms with van der Waals surface area (Å²) in [5.41, 5.74) is 0.280. The van der Waals surface area contributed by atoms with Gasteiger partial charge in [-0.25, -0.2) is 0 Å². The van der Waals surface area contributed by atoms with Crippen LogP contribution in [-0.4, -0.2) is 17.9 Å². The highest BCUT2D eigenvalue weighted by molar-refractivity contribution is 6.30. The Balaban J connectivity index is 2.37. The highest BCUT2D eigenvalue weighted by Gasteiger charge is 2.16. The van der Waals surface area contributed by atoms with Crippen LogP contribution < -0.4 is 10.5 Å². The first-order valence-electron chi connectivity index (χ1n) is 5.31. The number of benzene rings is 1. The fraction of sp³-hybridized carbons (Fsp3) is 0.0769. The van der Waals surface area contributed by atoms with Gasteiger partial charge >= 0.3 is 0 Å². The normalized spacial score (nSPS) is 10.1. The number of hydrogen-bond acceptors (Lipinski definition) is 2. The molecule has 0 aliphatic rings. The average Bonchev–Trinajstić information content (AvgIpc) is 2.41. The summed E-state index contributed by atoms with van der Waals surface area (Å²) in [5, 5.41) is 0.319. The Morgan fingerprint density at radius 2 is 1.94 bits per heavy atom. The van der Waals surface area contributed by atoms with Crippen LogP contribution in [0.4, 0.5) is 5.69 Å². The topological polar surface area (TPSA) is 53.2 Å². The van der Waals surface area contributed by atoms with Crippen LogP contribution in [0.3, 0.4) is 0 Å². The maximum atomic E-state index is 12.2. The summed E-state index contributed by atoms with van der Waals surface area (Å²) in [6, 6.07) is 10.4. The predicted molar refractivity (Wildman–Crippen MR) is 71.2 cm³/mol. The number of pyridine rings is 1. The van der Waals surface area contributed by atoms with E-state index in [2.05, 4.69) is 4.98 Å². The van der Waals surface area contributed by atoms with Crippen molar-refractivity contribution in [2.45, 2.75) is 0 Å². The number of halogens is 1. The number of anilines is 1. The van der Waals surface area contributed by atoms with Gasteiger partial charge in [0.2, 0.25) is 0 Å². The van der Waals surface area contributed by atoms with Crippen LogP contribution in [0.1, 0.15) is 10.4 Å². The van der Waals surface area contributed by atoms with E-state index in [-0.39, 0.29) is 5.56 Å². The summed E-state index contributed by atoms with van der Waals surface area (Å²) in [4.78, 5) is 27.6. The molecule has 2 aromatic rings. The maximum absolute atomic E-state index is 12.2. The van der Waals surface area contributed by atoms with Crippen molar-refractivity contribution in [2.24, 2.45) is 0 Å². The first-order valence-corrected chi connectivity index (χ1v) is 5.69. The molecular weight excluding hydrogens is 252 g/mol. The number of carbonyl (C=O) groups excluding carboxylic acids is 1. The fourth-order valence-electron chi connectivity index (χ4n) is 1.57. The van der Waals surface area contributed by atoms with E-state index in [9.17, 15) is 9.59 Å². The molecule has 1 amide bonds. The molecule has 0 unspecified atom stereocenters. The molecule has 0 atom stereocenters. The number of aromatic nitrogens is 1. The molecule has 0 bridgehead atoms. The third kappa shape index (κ3) is 2.43. The summed E-state index contributed by atoms with van der Waals surface area (Å²) in [6.45, 7) is 0. The van der Waals surface area contributed by atoms with Crippen molar-refractivity contribution in [3.05, 3.63) is 63.5 Å². The summed E-state index contributed by atoms with van der Waals surface area (Å²) < 4.78 is 0. The van der Waals surface area contributed by atoms with Crippen molar-refractivity contribution in [3.8, 4) is 0 Å². The molecule has 0 spiro atoms. The molecular formula is C13H11ClN2O2. The summed E-state index contributed by atoms with van der Waals surface area (Å²) in [5.74, 6) is -0.398. The van der Waals surface area contributed by atoms with Gasteiger partial charge < -0.3 is 9.88 Å². The summed E-state index contributed by atoms with van der Waals surface area (Å²) >= 11 is 5.77. The number of carbonyl (C=O) groups is 1. The van der Waals surface area contributed by atoms with Crippen LogP contribution in [0.5, 0.6) is 0 Å². The van der Waals surface area contributed by atoms with Crippen molar-refractivity contribution in [2.75, 3.05) is 11.9 Å². The molecule has 1 N–H and O–H groups in total. The van der Waals surface area contributed by atoms with Crippen molar-refractivity contribution in [3.63, 3.8) is 0 Å². The highest BCUT2D eigenvalue weighted by atomic mass is 35.5. The first kappa shape index (κ1) is 12.4. The lowest BCUT2D eigenvalue weighted by Crippen LogP contribution is -2.31. The number of para-hydroxylation sites is 1. The molecule has 1 aromatic carbocycles. The van der Waals surface area contributed by atoms with Crippen LogP contribution in [-0.2, 0) is 0 Å². The van der Waals surface area contributed by atoms with Crippen LogP contribution in [0, 0.1) is 0 Å². The molecule has 0 aliphatic carbocycles. The molecule has 1 heterocycles. The van der Waals surface area contributed by atoms with Gasteiger partial charge in [0.15, 0.2) is 0 Å². The van der Waals surface area contributed by atoms with Gasteiger partial charge in [0, 0.05) is 18.9 Å². The number of hydrogen-bond donors (Lipinski definition) is 1. The lowest BCUT2D eigenvalue weighted by atomic mass is 10.2. The Kier molecular flexibility index (Phi) is 3.48. The molecule has 0 fully saturated rings. The number of nitrogens with zero attached hydrogens (tertiary/aromatic N) is 1. The molecule has 0 radical (unpaired) electrons. The third-order valence-corrected chi connectivity index (χ3v) is 2.76. The molecule has 4 nitrogen and oxygen atoms in total. The third-order valence-electron chi connectivity index (χ3n) is 2.55. The minimum Gasteiger partial charge on any atom is -0.327 e. The second-order valence-electron chi connectivity index (χ2n) is 3.76. The van der Waals surface area contributed by atoms with Crippen LogP contribution in [0.2, 0.25) is 5.02 Å². The van der Waals surface area contributed by atoms with E-state index in [1.54, 1.807) is 19.2 Å². The van der Waals surface area contributed by atoms with Gasteiger partial charge in [-0.05, 0) is 18.2 Å². The fourth-order valence-corrected chi connectivity index (χ4v) is 1.73. The van der Waals surface area contributed by atoms with E-state index in [0.717, 1.165) is 0 Å². The second-order valence-corrected chi connectivity index (χ2v) is 4.20. The number of amides is 1. The SMILES string of the molecule is CN(C(=O)c1cc(Cl)c[nH]c1=O)c1ccccc1. The zero-order valence-corrected chi connectivity index (χ0v) is 10.4. The molecule has 0 aliphatic heterocycles. The van der Waals surface area contributed by atoms with Gasteiger partial charge in [-0.3, -0.25) is 9.59 Å². The molecule has 0 saturated carbocycles. The van der Waals surface area contributed by atoms with E-state index >= 15 is 0 Å². The van der Waals surface area contributed by atoms with E-state index in [1.807, 2.05) is 18.2 Å². The molecule has 1 aromatic heterocycles. The number of H-pyrrole nitrogens is 1. The molecule has 5 heteroatoms. The van der Waals surface area contributed by atoms with E-state index < -0.39 is 11.5 Å².